The molecule has 1 heterocycles. The van der Waals surface area contributed by atoms with Crippen molar-refractivity contribution in [3.05, 3.63) is 23.9 Å². The van der Waals surface area contributed by atoms with Gasteiger partial charge in [-0.05, 0) is 17.7 Å². The summed E-state index contributed by atoms with van der Waals surface area (Å²) < 4.78 is 0. The molecule has 0 unspecified atom stereocenters. The van der Waals surface area contributed by atoms with Crippen molar-refractivity contribution < 1.29 is 9.90 Å². The van der Waals surface area contributed by atoms with E-state index in [0.717, 1.165) is 11.4 Å². The van der Waals surface area contributed by atoms with E-state index in [2.05, 4.69) is 10.3 Å². The minimum Gasteiger partial charge on any atom is -0.394 e. The van der Waals surface area contributed by atoms with Crippen LogP contribution in [0, 0.1) is 0 Å². The zero-order valence-corrected chi connectivity index (χ0v) is 10.5. The predicted octanol–water partition coefficient (Wildman–Crippen LogP) is 0.707. The lowest BCUT2D eigenvalue weighted by atomic mass is 10.1. The molecule has 5 heteroatoms. The summed E-state index contributed by atoms with van der Waals surface area (Å²) in [6, 6.07) is 3.28. The Kier molecular flexibility index (Phi) is 4.90. The molecule has 0 spiro atoms. The number of anilines is 1. The zero-order chi connectivity index (χ0) is 12.8. The average Bonchev–Trinajstić information content (AvgIpc) is 2.35. The van der Waals surface area contributed by atoms with Gasteiger partial charge in [-0.2, -0.15) is 0 Å². The van der Waals surface area contributed by atoms with E-state index in [-0.39, 0.29) is 18.6 Å². The molecule has 1 aromatic rings. The predicted molar refractivity (Wildman–Crippen MR) is 66.8 cm³/mol. The zero-order valence-electron chi connectivity index (χ0n) is 10.5. The van der Waals surface area contributed by atoms with E-state index < -0.39 is 0 Å². The Hall–Kier alpha value is -1.62. The number of carbonyl (C=O) groups is 1. The summed E-state index contributed by atoms with van der Waals surface area (Å²) >= 11 is 0. The number of amides is 1. The number of aliphatic hydroxyl groups is 1. The molecule has 0 fully saturated rings. The van der Waals surface area contributed by atoms with Crippen LogP contribution in [-0.2, 0) is 4.79 Å². The van der Waals surface area contributed by atoms with E-state index in [9.17, 15) is 9.90 Å². The number of hydrogen-bond donors (Lipinski definition) is 2. The maximum absolute atomic E-state index is 11.3. The van der Waals surface area contributed by atoms with E-state index in [1.165, 1.54) is 0 Å². The average molecular weight is 237 g/mol. The molecule has 0 bridgehead atoms. The van der Waals surface area contributed by atoms with Crippen LogP contribution in [0.5, 0.6) is 0 Å². The largest absolute Gasteiger partial charge is 0.394 e. The third-order valence-corrected chi connectivity index (χ3v) is 2.47. The Balaban J connectivity index is 2.88. The van der Waals surface area contributed by atoms with Crippen molar-refractivity contribution in [2.24, 2.45) is 0 Å². The highest BCUT2D eigenvalue weighted by Crippen LogP contribution is 2.16. The normalized spacial score (nSPS) is 12.0. The molecule has 1 aromatic heterocycles. The first-order chi connectivity index (χ1) is 8.08. The Labute approximate surface area is 101 Å². The molecule has 17 heavy (non-hydrogen) atoms. The lowest BCUT2D eigenvalue weighted by Gasteiger charge is -2.18. The van der Waals surface area contributed by atoms with Crippen molar-refractivity contribution >= 4 is 11.7 Å². The van der Waals surface area contributed by atoms with Gasteiger partial charge in [0.1, 0.15) is 5.82 Å². The van der Waals surface area contributed by atoms with E-state index in [0.29, 0.717) is 6.42 Å². The standard InChI is InChI=1S/C12H19N3O2/c1-4-12(17)14-10(8-16)9-5-6-13-11(7-9)15(2)3/h5-7,10,16H,4,8H2,1-3H3,(H,14,17)/t10-/m1/s1. The van der Waals surface area contributed by atoms with Crippen LogP contribution in [0.4, 0.5) is 5.82 Å². The number of carbonyl (C=O) groups excluding carboxylic acids is 1. The lowest BCUT2D eigenvalue weighted by Crippen LogP contribution is -2.30. The van der Waals surface area contributed by atoms with E-state index in [1.54, 1.807) is 19.2 Å². The fourth-order valence-corrected chi connectivity index (χ4v) is 1.43. The molecule has 0 radical (unpaired) electrons. The number of nitrogens with one attached hydrogen (secondary N) is 1. The molecule has 0 aliphatic rings. The van der Waals surface area contributed by atoms with Crippen molar-refractivity contribution in [3.8, 4) is 0 Å². The Morgan fingerprint density at radius 3 is 2.82 bits per heavy atom. The molecule has 0 saturated heterocycles. The van der Waals surface area contributed by atoms with E-state index in [1.807, 2.05) is 25.1 Å². The highest BCUT2D eigenvalue weighted by molar-refractivity contribution is 5.76. The van der Waals surface area contributed by atoms with Crippen LogP contribution in [0.1, 0.15) is 24.9 Å². The highest BCUT2D eigenvalue weighted by Gasteiger charge is 2.13. The summed E-state index contributed by atoms with van der Waals surface area (Å²) in [5.41, 5.74) is 0.855. The molecular formula is C12H19N3O2. The second kappa shape index (κ2) is 6.20. The monoisotopic (exact) mass is 237 g/mol. The molecule has 5 nitrogen and oxygen atoms in total. The summed E-state index contributed by atoms with van der Waals surface area (Å²) in [6.07, 6.45) is 2.08. The van der Waals surface area contributed by atoms with Crippen molar-refractivity contribution in [1.82, 2.24) is 10.3 Å². The van der Waals surface area contributed by atoms with Gasteiger partial charge in [0.2, 0.25) is 5.91 Å². The number of rotatable bonds is 5. The third-order valence-electron chi connectivity index (χ3n) is 2.47. The van der Waals surface area contributed by atoms with Gasteiger partial charge in [-0.1, -0.05) is 6.92 Å². The summed E-state index contributed by atoms with van der Waals surface area (Å²) in [5, 5.41) is 12.1. The first-order valence-electron chi connectivity index (χ1n) is 5.62. The number of aliphatic hydroxyl groups excluding tert-OH is 1. The van der Waals surface area contributed by atoms with E-state index >= 15 is 0 Å². The van der Waals surface area contributed by atoms with Crippen LogP contribution in [-0.4, -0.2) is 36.7 Å². The minimum atomic E-state index is -0.371. The highest BCUT2D eigenvalue weighted by atomic mass is 16.3. The molecule has 94 valence electrons. The Morgan fingerprint density at radius 2 is 2.29 bits per heavy atom. The Bertz CT molecular complexity index is 380. The van der Waals surface area contributed by atoms with E-state index in [4.69, 9.17) is 0 Å². The summed E-state index contributed by atoms with van der Waals surface area (Å²) in [5.74, 6) is 0.721. The number of pyridine rings is 1. The van der Waals surface area contributed by atoms with Crippen LogP contribution in [0.3, 0.4) is 0 Å². The summed E-state index contributed by atoms with van der Waals surface area (Å²) in [4.78, 5) is 17.4. The quantitative estimate of drug-likeness (QED) is 0.791. The van der Waals surface area contributed by atoms with Crippen LogP contribution in [0.2, 0.25) is 0 Å². The van der Waals surface area contributed by atoms with Gasteiger partial charge in [-0.25, -0.2) is 4.98 Å². The maximum atomic E-state index is 11.3. The maximum Gasteiger partial charge on any atom is 0.220 e. The van der Waals surface area contributed by atoms with Gasteiger partial charge in [0.05, 0.1) is 12.6 Å². The topological polar surface area (TPSA) is 65.5 Å². The second-order valence-corrected chi connectivity index (χ2v) is 4.00. The second-order valence-electron chi connectivity index (χ2n) is 4.00. The minimum absolute atomic E-state index is 0.0766. The molecule has 1 amide bonds. The molecule has 1 atom stereocenters. The van der Waals surface area contributed by atoms with Crippen molar-refractivity contribution in [1.29, 1.82) is 0 Å². The van der Waals surface area contributed by atoms with Gasteiger partial charge < -0.3 is 15.3 Å². The molecule has 2 N–H and O–H groups in total. The molecular weight excluding hydrogens is 218 g/mol. The van der Waals surface area contributed by atoms with Crippen molar-refractivity contribution in [2.75, 3.05) is 25.6 Å². The van der Waals surface area contributed by atoms with Crippen LogP contribution < -0.4 is 10.2 Å². The Morgan fingerprint density at radius 1 is 1.59 bits per heavy atom. The molecule has 0 aliphatic heterocycles. The van der Waals surface area contributed by atoms with Gasteiger partial charge in [0.25, 0.3) is 0 Å². The fourth-order valence-electron chi connectivity index (χ4n) is 1.43. The number of hydrogen-bond acceptors (Lipinski definition) is 4. The van der Waals surface area contributed by atoms with Crippen LogP contribution in [0.15, 0.2) is 18.3 Å². The van der Waals surface area contributed by atoms with Gasteiger partial charge in [0, 0.05) is 26.7 Å². The first-order valence-corrected chi connectivity index (χ1v) is 5.62. The van der Waals surface area contributed by atoms with Crippen molar-refractivity contribution in [3.63, 3.8) is 0 Å². The SMILES string of the molecule is CCC(=O)N[C@H](CO)c1ccnc(N(C)C)c1. The van der Waals surface area contributed by atoms with Gasteiger partial charge in [-0.3, -0.25) is 4.79 Å². The van der Waals surface area contributed by atoms with Gasteiger partial charge >= 0.3 is 0 Å². The summed E-state index contributed by atoms with van der Waals surface area (Å²) in [7, 11) is 3.79. The lowest BCUT2D eigenvalue weighted by molar-refractivity contribution is -0.121. The third kappa shape index (κ3) is 3.71. The molecule has 0 saturated carbocycles. The smallest absolute Gasteiger partial charge is 0.220 e. The van der Waals surface area contributed by atoms with Crippen LogP contribution >= 0.6 is 0 Å². The molecule has 0 aliphatic carbocycles. The number of nitrogens with zero attached hydrogens (tertiary/aromatic N) is 2. The number of aromatic nitrogens is 1. The van der Waals surface area contributed by atoms with Gasteiger partial charge in [0.15, 0.2) is 0 Å². The molecule has 0 aromatic carbocycles. The fraction of sp³-hybridized carbons (Fsp3) is 0.500. The molecule has 1 rings (SSSR count). The van der Waals surface area contributed by atoms with Crippen LogP contribution in [0.25, 0.3) is 0 Å². The summed E-state index contributed by atoms with van der Waals surface area (Å²) in [6.45, 7) is 1.66. The van der Waals surface area contributed by atoms with Gasteiger partial charge in [-0.15, -0.1) is 0 Å². The first kappa shape index (κ1) is 13.4. The van der Waals surface area contributed by atoms with Crippen molar-refractivity contribution in [2.45, 2.75) is 19.4 Å².